The fraction of sp³-hybridized carbons (Fsp3) is 0.818. The van der Waals surface area contributed by atoms with Gasteiger partial charge in [0.1, 0.15) is 0 Å². The van der Waals surface area contributed by atoms with Crippen molar-refractivity contribution in [2.24, 2.45) is 5.41 Å². The first-order valence-electron chi connectivity index (χ1n) is 5.14. The van der Waals surface area contributed by atoms with E-state index < -0.39 is 0 Å². The molecule has 0 radical (unpaired) electrons. The van der Waals surface area contributed by atoms with E-state index in [2.05, 4.69) is 35.9 Å². The van der Waals surface area contributed by atoms with Crippen LogP contribution in [0.3, 0.4) is 0 Å². The van der Waals surface area contributed by atoms with Crippen molar-refractivity contribution in [3.8, 4) is 0 Å². The second-order valence-corrected chi connectivity index (χ2v) is 6.03. The summed E-state index contributed by atoms with van der Waals surface area (Å²) in [6, 6.07) is 0. The van der Waals surface area contributed by atoms with E-state index >= 15 is 0 Å². The summed E-state index contributed by atoms with van der Waals surface area (Å²) in [5, 5.41) is 0. The number of halogens is 1. The van der Waals surface area contributed by atoms with E-state index in [0.29, 0.717) is 0 Å². The van der Waals surface area contributed by atoms with Gasteiger partial charge in [0.25, 0.3) is 0 Å². The largest absolute Gasteiger partial charge is 0.349 e. The molecule has 1 aliphatic heterocycles. The molecule has 0 aromatic heterocycles. The van der Waals surface area contributed by atoms with E-state index in [-0.39, 0.29) is 11.2 Å². The molecule has 0 unspecified atom stereocenters. The van der Waals surface area contributed by atoms with Crippen molar-refractivity contribution in [1.82, 2.24) is 0 Å². The molecule has 0 aromatic rings. The van der Waals surface area contributed by atoms with Gasteiger partial charge in [-0.05, 0) is 10.9 Å². The molecule has 1 aliphatic carbocycles. The molecule has 1 heterocycles. The maximum atomic E-state index is 5.88. The Balaban J connectivity index is 2.00. The van der Waals surface area contributed by atoms with Gasteiger partial charge in [0, 0.05) is 18.3 Å². The number of allylic oxidation sites excluding steroid dienone is 1. The standard InChI is InChI=1S/C11H17BrO2/c1-10(2)7-13-11(14-8-10)5-3-9(12)4-6-11/h3H,4-8H2,1-2H3. The van der Waals surface area contributed by atoms with E-state index in [9.17, 15) is 0 Å². The molecule has 0 saturated carbocycles. The third kappa shape index (κ3) is 2.20. The van der Waals surface area contributed by atoms with Gasteiger partial charge in [-0.1, -0.05) is 35.9 Å². The fourth-order valence-electron chi connectivity index (χ4n) is 1.78. The maximum absolute atomic E-state index is 5.88. The van der Waals surface area contributed by atoms with Gasteiger partial charge in [0.2, 0.25) is 0 Å². The first-order valence-corrected chi connectivity index (χ1v) is 5.93. The molecule has 80 valence electrons. The molecule has 0 amide bonds. The molecule has 0 atom stereocenters. The molecule has 2 nitrogen and oxygen atoms in total. The van der Waals surface area contributed by atoms with Gasteiger partial charge in [0.15, 0.2) is 5.79 Å². The molecular weight excluding hydrogens is 244 g/mol. The maximum Gasteiger partial charge on any atom is 0.172 e. The van der Waals surface area contributed by atoms with Crippen molar-refractivity contribution < 1.29 is 9.47 Å². The highest BCUT2D eigenvalue weighted by Gasteiger charge is 2.40. The van der Waals surface area contributed by atoms with Crippen LogP contribution in [0, 0.1) is 5.41 Å². The van der Waals surface area contributed by atoms with Gasteiger partial charge in [-0.2, -0.15) is 0 Å². The lowest BCUT2D eigenvalue weighted by molar-refractivity contribution is -0.300. The molecule has 1 saturated heterocycles. The third-order valence-corrected chi connectivity index (χ3v) is 3.55. The van der Waals surface area contributed by atoms with Crippen molar-refractivity contribution in [3.63, 3.8) is 0 Å². The Hall–Kier alpha value is 0.140. The van der Waals surface area contributed by atoms with Crippen LogP contribution in [0.5, 0.6) is 0 Å². The molecule has 3 heteroatoms. The van der Waals surface area contributed by atoms with Crippen LogP contribution in [-0.4, -0.2) is 19.0 Å². The van der Waals surface area contributed by atoms with Crippen LogP contribution < -0.4 is 0 Å². The van der Waals surface area contributed by atoms with E-state index in [1.807, 2.05) is 0 Å². The molecule has 14 heavy (non-hydrogen) atoms. The van der Waals surface area contributed by atoms with Crippen LogP contribution in [0.25, 0.3) is 0 Å². The Morgan fingerprint density at radius 3 is 2.43 bits per heavy atom. The molecular formula is C11H17BrO2. The Morgan fingerprint density at radius 1 is 1.29 bits per heavy atom. The lowest BCUT2D eigenvalue weighted by Crippen LogP contribution is -2.48. The van der Waals surface area contributed by atoms with Crippen LogP contribution in [0.1, 0.15) is 33.1 Å². The summed E-state index contributed by atoms with van der Waals surface area (Å²) in [6.45, 7) is 5.96. The first-order chi connectivity index (χ1) is 6.52. The fourth-order valence-corrected chi connectivity index (χ4v) is 2.14. The molecule has 0 N–H and O–H groups in total. The average molecular weight is 261 g/mol. The van der Waals surface area contributed by atoms with Gasteiger partial charge in [-0.15, -0.1) is 0 Å². The summed E-state index contributed by atoms with van der Waals surface area (Å²) in [7, 11) is 0. The van der Waals surface area contributed by atoms with E-state index in [4.69, 9.17) is 9.47 Å². The number of hydrogen-bond donors (Lipinski definition) is 0. The molecule has 0 aromatic carbocycles. The monoisotopic (exact) mass is 260 g/mol. The predicted molar refractivity (Wildman–Crippen MR) is 59.3 cm³/mol. The zero-order chi connectivity index (χ0) is 10.2. The Bertz CT molecular complexity index is 248. The minimum Gasteiger partial charge on any atom is -0.349 e. The van der Waals surface area contributed by atoms with Crippen LogP contribution in [0.15, 0.2) is 10.6 Å². The Kier molecular flexibility index (Phi) is 2.75. The van der Waals surface area contributed by atoms with Gasteiger partial charge in [0.05, 0.1) is 13.2 Å². The van der Waals surface area contributed by atoms with Crippen LogP contribution in [0.4, 0.5) is 0 Å². The SMILES string of the molecule is CC1(C)COC2(CC=C(Br)CC2)OC1. The van der Waals surface area contributed by atoms with Gasteiger partial charge >= 0.3 is 0 Å². The highest BCUT2D eigenvalue weighted by Crippen LogP contribution is 2.39. The quantitative estimate of drug-likeness (QED) is 0.666. The van der Waals surface area contributed by atoms with E-state index in [1.54, 1.807) is 0 Å². The zero-order valence-corrected chi connectivity index (χ0v) is 10.4. The second-order valence-electron chi connectivity index (χ2n) is 5.01. The van der Waals surface area contributed by atoms with Crippen molar-refractivity contribution in [1.29, 1.82) is 0 Å². The number of ether oxygens (including phenoxy) is 2. The normalized spacial score (nSPS) is 30.1. The smallest absolute Gasteiger partial charge is 0.172 e. The zero-order valence-electron chi connectivity index (χ0n) is 8.81. The predicted octanol–water partition coefficient (Wildman–Crippen LogP) is 3.22. The third-order valence-electron chi connectivity index (χ3n) is 2.83. The molecule has 1 spiro atoms. The molecule has 1 fully saturated rings. The van der Waals surface area contributed by atoms with Gasteiger partial charge in [-0.25, -0.2) is 0 Å². The summed E-state index contributed by atoms with van der Waals surface area (Å²) in [5.74, 6) is -0.313. The van der Waals surface area contributed by atoms with Crippen LogP contribution in [0.2, 0.25) is 0 Å². The van der Waals surface area contributed by atoms with Crippen molar-refractivity contribution in [2.45, 2.75) is 38.9 Å². The lowest BCUT2D eigenvalue weighted by atomic mass is 9.92. The van der Waals surface area contributed by atoms with E-state index in [0.717, 1.165) is 32.5 Å². The van der Waals surface area contributed by atoms with Crippen molar-refractivity contribution in [3.05, 3.63) is 10.6 Å². The highest BCUT2D eigenvalue weighted by atomic mass is 79.9. The number of hydrogen-bond acceptors (Lipinski definition) is 2. The van der Waals surface area contributed by atoms with Gasteiger partial charge in [-0.3, -0.25) is 0 Å². The summed E-state index contributed by atoms with van der Waals surface area (Å²) < 4.78 is 13.0. The van der Waals surface area contributed by atoms with Crippen molar-refractivity contribution in [2.75, 3.05) is 13.2 Å². The van der Waals surface area contributed by atoms with Crippen LogP contribution in [-0.2, 0) is 9.47 Å². The lowest BCUT2D eigenvalue weighted by Gasteiger charge is -2.44. The average Bonchev–Trinajstić information content (AvgIpc) is 2.16. The Labute approximate surface area is 93.8 Å². The Morgan fingerprint density at radius 2 is 1.93 bits per heavy atom. The highest BCUT2D eigenvalue weighted by molar-refractivity contribution is 9.11. The molecule has 2 aliphatic rings. The number of rotatable bonds is 0. The summed E-state index contributed by atoms with van der Waals surface area (Å²) in [6.07, 6.45) is 5.05. The summed E-state index contributed by atoms with van der Waals surface area (Å²) in [5.41, 5.74) is 0.170. The molecule has 0 bridgehead atoms. The van der Waals surface area contributed by atoms with E-state index in [1.165, 1.54) is 4.48 Å². The summed E-state index contributed by atoms with van der Waals surface area (Å²) >= 11 is 3.51. The topological polar surface area (TPSA) is 18.5 Å². The second kappa shape index (κ2) is 3.62. The van der Waals surface area contributed by atoms with Crippen LogP contribution >= 0.6 is 15.9 Å². The summed E-state index contributed by atoms with van der Waals surface area (Å²) in [4.78, 5) is 0. The minimum absolute atomic E-state index is 0.170. The van der Waals surface area contributed by atoms with Gasteiger partial charge < -0.3 is 9.47 Å². The minimum atomic E-state index is -0.313. The van der Waals surface area contributed by atoms with Crippen molar-refractivity contribution >= 4 is 15.9 Å². The first kappa shape index (κ1) is 10.7. The molecule has 2 rings (SSSR count).